The number of rotatable bonds is 6. The maximum atomic E-state index is 11.6. The van der Waals surface area contributed by atoms with Crippen LogP contribution in [0.5, 0.6) is 0 Å². The highest BCUT2D eigenvalue weighted by Crippen LogP contribution is 2.05. The van der Waals surface area contributed by atoms with Gasteiger partial charge in [0.1, 0.15) is 0 Å². The van der Waals surface area contributed by atoms with Crippen LogP contribution in [0, 0.1) is 5.92 Å². The van der Waals surface area contributed by atoms with Crippen LogP contribution in [0.4, 0.5) is 0 Å². The summed E-state index contributed by atoms with van der Waals surface area (Å²) in [7, 11) is 0. The highest BCUT2D eigenvalue weighted by atomic mass is 16.3. The third-order valence-corrected chi connectivity index (χ3v) is 2.72. The van der Waals surface area contributed by atoms with E-state index < -0.39 is 0 Å². The lowest BCUT2D eigenvalue weighted by atomic mass is 10.1. The van der Waals surface area contributed by atoms with E-state index in [1.807, 2.05) is 31.2 Å². The zero-order valence-corrected chi connectivity index (χ0v) is 10.1. The van der Waals surface area contributed by atoms with Gasteiger partial charge in [0.15, 0.2) is 0 Å². The first kappa shape index (κ1) is 13.7. The zero-order chi connectivity index (χ0) is 12.7. The molecule has 17 heavy (non-hydrogen) atoms. The molecule has 4 nitrogen and oxygen atoms in total. The van der Waals surface area contributed by atoms with Crippen molar-refractivity contribution in [3.63, 3.8) is 0 Å². The number of nitrogens with two attached hydrogens (primary N) is 1. The van der Waals surface area contributed by atoms with Gasteiger partial charge in [0.2, 0.25) is 5.91 Å². The van der Waals surface area contributed by atoms with Crippen LogP contribution in [0.3, 0.4) is 0 Å². The summed E-state index contributed by atoms with van der Waals surface area (Å²) in [5.74, 6) is -0.0154. The van der Waals surface area contributed by atoms with Crippen molar-refractivity contribution in [2.24, 2.45) is 11.7 Å². The summed E-state index contributed by atoms with van der Waals surface area (Å²) in [6.45, 7) is 2.95. The Bertz CT molecular complexity index is 349. The van der Waals surface area contributed by atoms with Crippen molar-refractivity contribution >= 4 is 5.91 Å². The smallest absolute Gasteiger partial charge is 0.223 e. The summed E-state index contributed by atoms with van der Waals surface area (Å²) in [5, 5.41) is 11.8. The molecule has 0 spiro atoms. The molecule has 94 valence electrons. The van der Waals surface area contributed by atoms with Crippen molar-refractivity contribution in [3.8, 4) is 0 Å². The van der Waals surface area contributed by atoms with Crippen molar-refractivity contribution in [1.82, 2.24) is 5.32 Å². The molecule has 1 amide bonds. The third-order valence-electron chi connectivity index (χ3n) is 2.72. The lowest BCUT2D eigenvalue weighted by Crippen LogP contribution is -2.29. The number of benzene rings is 1. The minimum atomic E-state index is -0.0447. The van der Waals surface area contributed by atoms with Crippen LogP contribution < -0.4 is 11.1 Å². The van der Waals surface area contributed by atoms with E-state index in [2.05, 4.69) is 5.32 Å². The second-order valence-corrected chi connectivity index (χ2v) is 4.17. The Morgan fingerprint density at radius 1 is 1.35 bits per heavy atom. The summed E-state index contributed by atoms with van der Waals surface area (Å²) in [4.78, 5) is 11.6. The first-order valence-electron chi connectivity index (χ1n) is 5.83. The summed E-state index contributed by atoms with van der Waals surface area (Å²) >= 11 is 0. The van der Waals surface area contributed by atoms with Crippen LogP contribution in [0.2, 0.25) is 0 Å². The van der Waals surface area contributed by atoms with E-state index in [-0.39, 0.29) is 18.4 Å². The standard InChI is InChI=1S/C13H20N2O2/c1-10(6-7-14)13(17)15-8-11-2-4-12(9-16)5-3-11/h2-5,10,16H,6-9,14H2,1H3,(H,15,17). The molecular formula is C13H20N2O2. The largest absolute Gasteiger partial charge is 0.392 e. The predicted octanol–water partition coefficient (Wildman–Crippen LogP) is 0.780. The molecule has 1 aromatic carbocycles. The second kappa shape index (κ2) is 7.04. The molecule has 1 unspecified atom stereocenters. The van der Waals surface area contributed by atoms with Gasteiger partial charge >= 0.3 is 0 Å². The van der Waals surface area contributed by atoms with Crippen molar-refractivity contribution in [1.29, 1.82) is 0 Å². The number of hydrogen-bond acceptors (Lipinski definition) is 3. The first-order valence-corrected chi connectivity index (χ1v) is 5.83. The Hall–Kier alpha value is -1.39. The second-order valence-electron chi connectivity index (χ2n) is 4.17. The van der Waals surface area contributed by atoms with Crippen LogP contribution in [0.1, 0.15) is 24.5 Å². The minimum absolute atomic E-state index is 0.0293. The molecule has 0 saturated carbocycles. The summed E-state index contributed by atoms with van der Waals surface area (Å²) in [5.41, 5.74) is 7.30. The summed E-state index contributed by atoms with van der Waals surface area (Å²) in [6, 6.07) is 7.51. The Kier molecular flexibility index (Phi) is 5.66. The van der Waals surface area contributed by atoms with Crippen LogP contribution >= 0.6 is 0 Å². The van der Waals surface area contributed by atoms with E-state index in [9.17, 15) is 4.79 Å². The fourth-order valence-electron chi connectivity index (χ4n) is 1.51. The van der Waals surface area contributed by atoms with E-state index in [0.29, 0.717) is 19.5 Å². The topological polar surface area (TPSA) is 75.4 Å². The van der Waals surface area contributed by atoms with Gasteiger partial charge in [-0.2, -0.15) is 0 Å². The molecule has 0 aliphatic carbocycles. The van der Waals surface area contributed by atoms with Crippen molar-refractivity contribution in [2.75, 3.05) is 6.54 Å². The quantitative estimate of drug-likeness (QED) is 0.683. The van der Waals surface area contributed by atoms with Gasteiger partial charge < -0.3 is 16.2 Å². The first-order chi connectivity index (χ1) is 8.17. The van der Waals surface area contributed by atoms with Crippen LogP contribution in [0.15, 0.2) is 24.3 Å². The number of amides is 1. The maximum absolute atomic E-state index is 11.6. The van der Waals surface area contributed by atoms with Crippen LogP contribution in [-0.4, -0.2) is 17.6 Å². The van der Waals surface area contributed by atoms with Crippen molar-refractivity contribution < 1.29 is 9.90 Å². The fourth-order valence-corrected chi connectivity index (χ4v) is 1.51. The lowest BCUT2D eigenvalue weighted by Gasteiger charge is -2.11. The van der Waals surface area contributed by atoms with E-state index >= 15 is 0 Å². The van der Waals surface area contributed by atoms with E-state index in [4.69, 9.17) is 10.8 Å². The van der Waals surface area contributed by atoms with Gasteiger partial charge in [-0.05, 0) is 24.1 Å². The van der Waals surface area contributed by atoms with Gasteiger partial charge in [-0.15, -0.1) is 0 Å². The molecule has 1 rings (SSSR count). The molecule has 4 N–H and O–H groups in total. The van der Waals surface area contributed by atoms with Gasteiger partial charge in [-0.25, -0.2) is 0 Å². The van der Waals surface area contributed by atoms with E-state index in [1.165, 1.54) is 0 Å². The predicted molar refractivity (Wildman–Crippen MR) is 67.0 cm³/mol. The summed E-state index contributed by atoms with van der Waals surface area (Å²) in [6.07, 6.45) is 0.704. The Morgan fingerprint density at radius 2 is 1.94 bits per heavy atom. The highest BCUT2D eigenvalue weighted by Gasteiger charge is 2.10. The third kappa shape index (κ3) is 4.54. The molecule has 0 radical (unpaired) electrons. The van der Waals surface area contributed by atoms with Crippen molar-refractivity contribution in [3.05, 3.63) is 35.4 Å². The molecule has 0 aliphatic rings. The Labute approximate surface area is 102 Å². The van der Waals surface area contributed by atoms with Crippen molar-refractivity contribution in [2.45, 2.75) is 26.5 Å². The number of aliphatic hydroxyl groups excluding tert-OH is 1. The van der Waals surface area contributed by atoms with Gasteiger partial charge in [0, 0.05) is 12.5 Å². The number of aliphatic hydroxyl groups is 1. The highest BCUT2D eigenvalue weighted by molar-refractivity contribution is 5.78. The molecule has 0 saturated heterocycles. The van der Waals surface area contributed by atoms with Gasteiger partial charge in [-0.3, -0.25) is 4.79 Å². The van der Waals surface area contributed by atoms with Crippen LogP contribution in [0.25, 0.3) is 0 Å². The normalized spacial score (nSPS) is 12.2. The molecule has 0 aliphatic heterocycles. The average Bonchev–Trinajstić information content (AvgIpc) is 2.36. The molecule has 0 fully saturated rings. The molecule has 0 aromatic heterocycles. The van der Waals surface area contributed by atoms with Gasteiger partial charge in [0.05, 0.1) is 6.61 Å². The SMILES string of the molecule is CC(CCN)C(=O)NCc1ccc(CO)cc1. The summed E-state index contributed by atoms with van der Waals surface area (Å²) < 4.78 is 0. The number of hydrogen-bond donors (Lipinski definition) is 3. The van der Waals surface area contributed by atoms with Gasteiger partial charge in [-0.1, -0.05) is 31.2 Å². The number of carbonyl (C=O) groups excluding carboxylic acids is 1. The van der Waals surface area contributed by atoms with Crippen LogP contribution in [-0.2, 0) is 17.9 Å². The molecular weight excluding hydrogens is 216 g/mol. The average molecular weight is 236 g/mol. The lowest BCUT2D eigenvalue weighted by molar-refractivity contribution is -0.124. The van der Waals surface area contributed by atoms with E-state index in [1.54, 1.807) is 0 Å². The maximum Gasteiger partial charge on any atom is 0.223 e. The number of carbonyl (C=O) groups is 1. The molecule has 0 bridgehead atoms. The zero-order valence-electron chi connectivity index (χ0n) is 10.1. The number of nitrogens with one attached hydrogen (secondary N) is 1. The molecule has 0 heterocycles. The molecule has 1 aromatic rings. The minimum Gasteiger partial charge on any atom is -0.392 e. The molecule has 1 atom stereocenters. The monoisotopic (exact) mass is 236 g/mol. The van der Waals surface area contributed by atoms with E-state index in [0.717, 1.165) is 11.1 Å². The molecule has 4 heteroatoms. The fraction of sp³-hybridized carbons (Fsp3) is 0.462. The van der Waals surface area contributed by atoms with Gasteiger partial charge in [0.25, 0.3) is 0 Å². The Balaban J connectivity index is 2.41. The Morgan fingerprint density at radius 3 is 2.47 bits per heavy atom.